The number of ether oxygens (including phenoxy) is 3. The zero-order chi connectivity index (χ0) is 49.9. The van der Waals surface area contributed by atoms with Gasteiger partial charge in [-0.3, -0.25) is 9.63 Å². The highest BCUT2D eigenvalue weighted by atomic mass is 28.4. The largest absolute Gasteiger partial charge is 0.497 e. The van der Waals surface area contributed by atoms with Crippen LogP contribution in [0.2, 0.25) is 72.5 Å². The van der Waals surface area contributed by atoms with Gasteiger partial charge < -0.3 is 37.0 Å². The first-order chi connectivity index (χ1) is 28.7. The van der Waals surface area contributed by atoms with Gasteiger partial charge in [0.25, 0.3) is 0 Å². The maximum absolute atomic E-state index is 14.0. The van der Waals surface area contributed by atoms with Gasteiger partial charge in [0.2, 0.25) is 5.91 Å². The van der Waals surface area contributed by atoms with Gasteiger partial charge in [0, 0.05) is 38.0 Å². The Morgan fingerprint density at radius 2 is 1.16 bits per heavy atom. The van der Waals surface area contributed by atoms with Crippen molar-refractivity contribution >= 4 is 39.2 Å². The summed E-state index contributed by atoms with van der Waals surface area (Å²) >= 11 is 0. The molecule has 8 atom stereocenters. The number of carbonyl (C=O) groups excluding carboxylic acids is 1. The lowest BCUT2D eigenvalue weighted by Crippen LogP contribution is -2.59. The molecular weight excluding hydrogens is 875 g/mol. The van der Waals surface area contributed by atoms with Gasteiger partial charge in [-0.15, -0.1) is 0 Å². The van der Waals surface area contributed by atoms with Gasteiger partial charge in [0.15, 0.2) is 33.3 Å². The van der Waals surface area contributed by atoms with Crippen LogP contribution >= 0.6 is 0 Å². The van der Waals surface area contributed by atoms with Gasteiger partial charge in [0.1, 0.15) is 11.4 Å². The van der Waals surface area contributed by atoms with E-state index < -0.39 is 69.0 Å². The van der Waals surface area contributed by atoms with Crippen molar-refractivity contribution in [3.8, 4) is 5.75 Å². The van der Waals surface area contributed by atoms with Crippen molar-refractivity contribution in [1.82, 2.24) is 5.06 Å². The summed E-state index contributed by atoms with van der Waals surface area (Å²) in [5, 5.41) is 14.4. The molecule has 374 valence electrons. The van der Waals surface area contributed by atoms with Crippen molar-refractivity contribution in [2.75, 3.05) is 41.1 Å². The summed E-state index contributed by atoms with van der Waals surface area (Å²) in [5.41, 5.74) is 0.279. The predicted molar refractivity (Wildman–Crippen MR) is 273 cm³/mol. The van der Waals surface area contributed by atoms with E-state index in [0.717, 1.165) is 11.3 Å². The van der Waals surface area contributed by atoms with E-state index in [-0.39, 0.29) is 57.7 Å². The van der Waals surface area contributed by atoms with Crippen LogP contribution in [-0.4, -0.2) is 120 Å². The molecule has 0 spiro atoms. The van der Waals surface area contributed by atoms with Crippen LogP contribution in [0.3, 0.4) is 0 Å². The molecule has 1 amide bonds. The number of epoxide rings is 1. The Hall–Kier alpha value is -0.962. The Bertz CT molecular complexity index is 1610. The summed E-state index contributed by atoms with van der Waals surface area (Å²) < 4.78 is 47.9. The van der Waals surface area contributed by atoms with Crippen LogP contribution in [0.1, 0.15) is 109 Å². The van der Waals surface area contributed by atoms with Crippen molar-refractivity contribution in [2.45, 2.75) is 213 Å². The summed E-state index contributed by atoms with van der Waals surface area (Å²) in [6.07, 6.45) is -2.57. The van der Waals surface area contributed by atoms with Crippen molar-refractivity contribution in [3.05, 3.63) is 29.8 Å². The first kappa shape index (κ1) is 59.2. The summed E-state index contributed by atoms with van der Waals surface area (Å²) in [6, 6.07) is 7.93. The number of hydrogen-bond acceptors (Lipinski definition) is 10. The van der Waals surface area contributed by atoms with Gasteiger partial charge in [-0.1, -0.05) is 102 Å². The molecule has 1 aromatic carbocycles. The zero-order valence-corrected chi connectivity index (χ0v) is 49.5. The van der Waals surface area contributed by atoms with E-state index >= 15 is 0 Å². The number of benzene rings is 1. The molecular formula is C49H97NO10Si4. The van der Waals surface area contributed by atoms with Gasteiger partial charge in [-0.25, -0.2) is 5.06 Å². The fourth-order valence-corrected chi connectivity index (χ4v) is 11.7. The first-order valence-electron chi connectivity index (χ1n) is 23.7. The molecule has 1 N–H and O–H groups in total. The van der Waals surface area contributed by atoms with E-state index in [1.807, 2.05) is 24.3 Å². The van der Waals surface area contributed by atoms with E-state index in [2.05, 4.69) is 149 Å². The number of aliphatic hydroxyl groups excluding tert-OH is 1. The van der Waals surface area contributed by atoms with Gasteiger partial charge in [-0.2, -0.15) is 0 Å². The molecule has 1 heterocycles. The molecule has 1 saturated heterocycles. The van der Waals surface area contributed by atoms with E-state index in [4.69, 9.17) is 36.8 Å². The molecule has 0 radical (unpaired) electrons. The average molecular weight is 973 g/mol. The molecule has 0 unspecified atom stereocenters. The Balaban J connectivity index is 2.91. The molecule has 1 aromatic rings. The highest BCUT2D eigenvalue weighted by Crippen LogP contribution is 2.52. The van der Waals surface area contributed by atoms with E-state index in [9.17, 15) is 9.90 Å². The van der Waals surface area contributed by atoms with Crippen LogP contribution in [0.25, 0.3) is 0 Å². The second-order valence-electron chi connectivity index (χ2n) is 25.0. The van der Waals surface area contributed by atoms with Crippen LogP contribution in [0.4, 0.5) is 0 Å². The summed E-state index contributed by atoms with van der Waals surface area (Å²) in [6.45, 7) is 50.3. The molecule has 1 aliphatic rings. The second kappa shape index (κ2) is 21.8. The predicted octanol–water partition coefficient (Wildman–Crippen LogP) is 11.8. The molecule has 1 fully saturated rings. The summed E-state index contributed by atoms with van der Waals surface area (Å²) in [7, 11) is -5.09. The maximum atomic E-state index is 14.0. The smallest absolute Gasteiger partial charge is 0.248 e. The van der Waals surface area contributed by atoms with Gasteiger partial charge in [0.05, 0.1) is 58.3 Å². The van der Waals surface area contributed by atoms with Crippen LogP contribution < -0.4 is 4.74 Å². The topological polar surface area (TPSA) is 118 Å². The van der Waals surface area contributed by atoms with E-state index in [0.29, 0.717) is 13.2 Å². The minimum absolute atomic E-state index is 0.00195. The standard InChI is InChI=1S/C49H97NO10Si4/c1-35(31-55-32-36-26-28-37(53-16)29-27-36)43-49(14,58-43)44(60-64(24,25)48(11,12)13)39(34-57-62(20,21)46(5,6)7)42(52)38(33-56-61(18,19)45(2,3)4)40(30-41(51)50(15)54-17)59-63(22,23)47(8,9)10/h26-29,35,38-40,42-44,52H,30-34H2,1-25H3/t35-,38+,39-,40-,42+,43+,44-,49+/m0/s1. The van der Waals surface area contributed by atoms with Crippen molar-refractivity contribution < 1.29 is 46.7 Å². The Morgan fingerprint density at radius 3 is 1.58 bits per heavy atom. The molecule has 64 heavy (non-hydrogen) atoms. The number of nitrogens with zero attached hydrogens (tertiary/aromatic N) is 1. The minimum atomic E-state index is -2.55. The van der Waals surface area contributed by atoms with Crippen LogP contribution in [-0.2, 0) is 43.4 Å². The van der Waals surface area contributed by atoms with Crippen LogP contribution in [0.5, 0.6) is 5.75 Å². The SMILES string of the molecule is COc1ccc(COC[C@H](C)[C@H]2O[C@@]2(C)[C@@H](O[Si](C)(C)C(C)(C)C)[C@@H](CO[Si](C)(C)C(C)(C)C)[C@H](O)[C@H](CO[Si](C)(C)C(C)(C)C)[C@H](CC(=O)N(C)OC)O[Si](C)(C)C(C)(C)C)cc1. The lowest BCUT2D eigenvalue weighted by molar-refractivity contribution is -0.172. The highest BCUT2D eigenvalue weighted by molar-refractivity contribution is 6.75. The quantitative estimate of drug-likeness (QED) is 0.0609. The van der Waals surface area contributed by atoms with Crippen molar-refractivity contribution in [1.29, 1.82) is 0 Å². The lowest BCUT2D eigenvalue weighted by atomic mass is 9.78. The Labute approximate surface area is 396 Å². The third-order valence-electron chi connectivity index (χ3n) is 15.9. The van der Waals surface area contributed by atoms with Crippen molar-refractivity contribution in [2.24, 2.45) is 17.8 Å². The first-order valence-corrected chi connectivity index (χ1v) is 35.3. The summed E-state index contributed by atoms with van der Waals surface area (Å²) in [5.74, 6) is -0.634. The number of rotatable bonds is 24. The van der Waals surface area contributed by atoms with Crippen LogP contribution in [0, 0.1) is 17.8 Å². The second-order valence-corrected chi connectivity index (χ2v) is 44.1. The van der Waals surface area contributed by atoms with E-state index in [1.54, 1.807) is 14.2 Å². The number of aliphatic hydroxyl groups is 1. The summed E-state index contributed by atoms with van der Waals surface area (Å²) in [4.78, 5) is 19.4. The average Bonchev–Trinajstić information content (AvgIpc) is 3.84. The molecule has 15 heteroatoms. The monoisotopic (exact) mass is 972 g/mol. The minimum Gasteiger partial charge on any atom is -0.497 e. The number of hydrogen-bond donors (Lipinski definition) is 1. The van der Waals surface area contributed by atoms with Crippen molar-refractivity contribution in [3.63, 3.8) is 0 Å². The molecule has 0 bridgehead atoms. The number of carbonyl (C=O) groups is 1. The van der Waals surface area contributed by atoms with Gasteiger partial charge >= 0.3 is 0 Å². The van der Waals surface area contributed by atoms with Gasteiger partial charge in [-0.05, 0) is 97.1 Å². The fraction of sp³-hybridized carbons (Fsp3) is 0.857. The van der Waals surface area contributed by atoms with Crippen LogP contribution in [0.15, 0.2) is 24.3 Å². The number of methoxy groups -OCH3 is 1. The molecule has 0 aromatic heterocycles. The maximum Gasteiger partial charge on any atom is 0.248 e. The molecule has 1 aliphatic heterocycles. The lowest BCUT2D eigenvalue weighted by Gasteiger charge is -2.48. The third kappa shape index (κ3) is 15.3. The van der Waals surface area contributed by atoms with E-state index in [1.165, 1.54) is 12.2 Å². The molecule has 0 saturated carbocycles. The molecule has 2 rings (SSSR count). The zero-order valence-electron chi connectivity index (χ0n) is 45.5. The Morgan fingerprint density at radius 1 is 0.719 bits per heavy atom. The normalized spacial score (nSPS) is 21.2. The Kier molecular flexibility index (Phi) is 20.1. The molecule has 0 aliphatic carbocycles. The number of hydroxylamine groups is 2. The highest BCUT2D eigenvalue weighted by Gasteiger charge is 2.65. The fourth-order valence-electron chi connectivity index (χ4n) is 6.83. The third-order valence-corrected chi connectivity index (χ3v) is 33.9. The number of amides is 1. The molecule has 11 nitrogen and oxygen atoms in total.